The lowest BCUT2D eigenvalue weighted by atomic mass is 10.0. The number of imide groups is 2. The number of alkyl halides is 3. The Hall–Kier alpha value is -5.77. The second-order valence-corrected chi connectivity index (χ2v) is 14.0. The minimum absolute atomic E-state index is 0.0460. The SMILES string of the molecule is Cn1nnc2c3cc(C(O)NCCOCCOCCOCCOCCNc4cccc5c4C(=O)N(C4CCC(=O)NC4=O)C5=O)ccc3n(-c3ccc(C(F)(F)F)cc3)c21. The number of ether oxygens (including phenoxy) is 4. The number of anilines is 1. The van der Waals surface area contributed by atoms with Crippen molar-refractivity contribution in [3.8, 4) is 5.69 Å². The van der Waals surface area contributed by atoms with Gasteiger partial charge in [0, 0.05) is 43.3 Å². The lowest BCUT2D eigenvalue weighted by Crippen LogP contribution is -2.54. The summed E-state index contributed by atoms with van der Waals surface area (Å²) >= 11 is 0. The average Bonchev–Trinajstić information content (AvgIpc) is 3.85. The fourth-order valence-electron chi connectivity index (χ4n) is 7.13. The molecule has 1 fully saturated rings. The third kappa shape index (κ3) is 9.18. The standard InChI is InChI=1S/C40H43F3N8O9/c1-49-37-34(47-48-49)28-23-24(5-10-30(28)50(37)26-8-6-25(7-9-26)40(41,42)43)35(53)45-14-16-58-18-20-60-22-21-59-19-17-57-15-13-44-29-4-2-3-27-33(29)39(56)51(38(27)55)31-11-12-32(52)46-36(31)54/h2-10,23,31,35,44-45,53H,11-22H2,1H3,(H,46,52,54). The van der Waals surface area contributed by atoms with Crippen molar-refractivity contribution in [2.75, 3.05) is 71.3 Å². The highest BCUT2D eigenvalue weighted by Crippen LogP contribution is 2.35. The Morgan fingerprint density at radius 3 is 2.20 bits per heavy atom. The molecule has 0 saturated carbocycles. The van der Waals surface area contributed by atoms with Crippen LogP contribution in [0.1, 0.15) is 50.9 Å². The Morgan fingerprint density at radius 2 is 1.53 bits per heavy atom. The Bertz CT molecular complexity index is 2370. The molecular weight excluding hydrogens is 793 g/mol. The predicted molar refractivity (Wildman–Crippen MR) is 208 cm³/mol. The third-order valence-corrected chi connectivity index (χ3v) is 10.0. The fourth-order valence-corrected chi connectivity index (χ4v) is 7.13. The molecule has 4 amide bonds. The van der Waals surface area contributed by atoms with Crippen molar-refractivity contribution in [3.63, 3.8) is 0 Å². The number of rotatable bonds is 20. The van der Waals surface area contributed by atoms with Gasteiger partial charge in [0.1, 0.15) is 17.8 Å². The van der Waals surface area contributed by atoms with E-state index >= 15 is 0 Å². The van der Waals surface area contributed by atoms with Gasteiger partial charge in [-0.1, -0.05) is 17.3 Å². The van der Waals surface area contributed by atoms with E-state index in [2.05, 4.69) is 26.3 Å². The highest BCUT2D eigenvalue weighted by molar-refractivity contribution is 6.25. The molecule has 318 valence electrons. The van der Waals surface area contributed by atoms with Gasteiger partial charge in [0.15, 0.2) is 5.65 Å². The van der Waals surface area contributed by atoms with Gasteiger partial charge in [-0.05, 0) is 60.5 Å². The number of halogens is 3. The van der Waals surface area contributed by atoms with Gasteiger partial charge >= 0.3 is 6.18 Å². The number of piperidine rings is 1. The van der Waals surface area contributed by atoms with Crippen molar-refractivity contribution < 1.29 is 56.4 Å². The number of hydrogen-bond acceptors (Lipinski definition) is 13. The van der Waals surface area contributed by atoms with E-state index in [-0.39, 0.29) is 24.0 Å². The number of aliphatic hydroxyl groups excluding tert-OH is 1. The zero-order valence-electron chi connectivity index (χ0n) is 32.5. The summed E-state index contributed by atoms with van der Waals surface area (Å²) in [6.07, 6.45) is -5.34. The molecule has 2 atom stereocenters. The number of nitrogens with one attached hydrogen (secondary N) is 3. The van der Waals surface area contributed by atoms with Crippen LogP contribution in [0, 0.1) is 0 Å². The first-order valence-corrected chi connectivity index (χ1v) is 19.3. The normalized spacial score (nSPS) is 16.3. The number of amides is 4. The van der Waals surface area contributed by atoms with E-state index in [9.17, 15) is 37.5 Å². The highest BCUT2D eigenvalue weighted by atomic mass is 19.4. The number of fused-ring (bicyclic) bond motifs is 4. The maximum Gasteiger partial charge on any atom is 0.416 e. The lowest BCUT2D eigenvalue weighted by molar-refractivity contribution is -0.138. The van der Waals surface area contributed by atoms with E-state index in [0.29, 0.717) is 105 Å². The Labute approximate surface area is 340 Å². The minimum Gasteiger partial charge on any atom is -0.382 e. The number of carbonyl (C=O) groups excluding carboxylic acids is 4. The van der Waals surface area contributed by atoms with Crippen LogP contribution >= 0.6 is 0 Å². The van der Waals surface area contributed by atoms with Crippen LogP contribution in [0.4, 0.5) is 18.9 Å². The number of hydrogen-bond donors (Lipinski definition) is 4. The van der Waals surface area contributed by atoms with Crippen LogP contribution in [0.3, 0.4) is 0 Å². The van der Waals surface area contributed by atoms with E-state index < -0.39 is 47.6 Å². The van der Waals surface area contributed by atoms with Gasteiger partial charge in [-0.3, -0.25) is 39.3 Å². The highest BCUT2D eigenvalue weighted by Gasteiger charge is 2.45. The molecule has 2 aromatic heterocycles. The third-order valence-electron chi connectivity index (χ3n) is 10.0. The molecule has 2 aliphatic heterocycles. The zero-order valence-corrected chi connectivity index (χ0v) is 32.5. The number of aromatic nitrogens is 4. The van der Waals surface area contributed by atoms with Gasteiger partial charge in [0.2, 0.25) is 11.8 Å². The van der Waals surface area contributed by atoms with Crippen LogP contribution in [-0.2, 0) is 41.8 Å². The van der Waals surface area contributed by atoms with Gasteiger partial charge in [-0.15, -0.1) is 5.10 Å². The molecule has 7 rings (SSSR count). The van der Waals surface area contributed by atoms with E-state index in [1.807, 2.05) is 0 Å². The Morgan fingerprint density at radius 1 is 0.867 bits per heavy atom. The minimum atomic E-state index is -4.45. The van der Waals surface area contributed by atoms with Gasteiger partial charge in [0.05, 0.1) is 75.1 Å². The molecule has 4 heterocycles. The quantitative estimate of drug-likeness (QED) is 0.0507. The van der Waals surface area contributed by atoms with Crippen LogP contribution < -0.4 is 16.0 Å². The summed E-state index contributed by atoms with van der Waals surface area (Å²) in [5.41, 5.74) is 3.01. The van der Waals surface area contributed by atoms with Crippen molar-refractivity contribution in [1.82, 2.24) is 35.1 Å². The maximum atomic E-state index is 13.2. The molecule has 0 aliphatic carbocycles. The monoisotopic (exact) mass is 836 g/mol. The van der Waals surface area contributed by atoms with Gasteiger partial charge in [0.25, 0.3) is 11.8 Å². The molecule has 3 aromatic carbocycles. The van der Waals surface area contributed by atoms with Crippen LogP contribution in [0.15, 0.2) is 60.7 Å². The first-order valence-electron chi connectivity index (χ1n) is 19.3. The second-order valence-electron chi connectivity index (χ2n) is 14.0. The summed E-state index contributed by atoms with van der Waals surface area (Å²) in [5, 5.41) is 28.2. The number of benzene rings is 3. The molecule has 0 radical (unpaired) electrons. The topological polar surface area (TPSA) is 200 Å². The van der Waals surface area contributed by atoms with E-state index in [0.717, 1.165) is 17.0 Å². The average molecular weight is 837 g/mol. The van der Waals surface area contributed by atoms with Crippen molar-refractivity contribution in [1.29, 1.82) is 0 Å². The Balaban J connectivity index is 0.741. The number of carbonyl (C=O) groups is 4. The van der Waals surface area contributed by atoms with Gasteiger partial charge < -0.3 is 29.4 Å². The first-order chi connectivity index (χ1) is 28.9. The van der Waals surface area contributed by atoms with E-state index in [1.54, 1.807) is 46.6 Å². The van der Waals surface area contributed by atoms with E-state index in [4.69, 9.17) is 18.9 Å². The predicted octanol–water partition coefficient (Wildman–Crippen LogP) is 3.09. The van der Waals surface area contributed by atoms with Crippen LogP contribution in [0.25, 0.3) is 27.8 Å². The molecule has 5 aromatic rings. The molecule has 17 nitrogen and oxygen atoms in total. The fraction of sp³-hybridized carbons (Fsp3) is 0.400. The number of aryl methyl sites for hydroxylation is 1. The summed E-state index contributed by atoms with van der Waals surface area (Å²) in [5.74, 6) is -2.25. The smallest absolute Gasteiger partial charge is 0.382 e. The first kappa shape index (κ1) is 42.4. The van der Waals surface area contributed by atoms with Crippen molar-refractivity contribution in [3.05, 3.63) is 82.9 Å². The van der Waals surface area contributed by atoms with Crippen molar-refractivity contribution >= 4 is 51.4 Å². The lowest BCUT2D eigenvalue weighted by Gasteiger charge is -2.27. The summed E-state index contributed by atoms with van der Waals surface area (Å²) in [4.78, 5) is 51.0. The molecule has 1 saturated heterocycles. The van der Waals surface area contributed by atoms with Crippen LogP contribution in [0.2, 0.25) is 0 Å². The van der Waals surface area contributed by atoms with Gasteiger partial charge in [-0.2, -0.15) is 13.2 Å². The molecule has 0 spiro atoms. The number of aliphatic hydroxyl groups is 1. The van der Waals surface area contributed by atoms with Gasteiger partial charge in [-0.25, -0.2) is 4.68 Å². The van der Waals surface area contributed by atoms with Crippen LogP contribution in [0.5, 0.6) is 0 Å². The summed E-state index contributed by atoms with van der Waals surface area (Å²) < 4.78 is 65.1. The molecule has 60 heavy (non-hydrogen) atoms. The summed E-state index contributed by atoms with van der Waals surface area (Å²) in [6.45, 7) is 3.36. The molecule has 20 heteroatoms. The molecule has 4 N–H and O–H groups in total. The molecular formula is C40H43F3N8O9. The van der Waals surface area contributed by atoms with Crippen molar-refractivity contribution in [2.45, 2.75) is 31.3 Å². The summed E-state index contributed by atoms with van der Waals surface area (Å²) in [6, 6.07) is 14.0. The molecule has 2 aliphatic rings. The zero-order chi connectivity index (χ0) is 42.4. The van der Waals surface area contributed by atoms with E-state index in [1.165, 1.54) is 18.2 Å². The van der Waals surface area contributed by atoms with Crippen molar-refractivity contribution in [2.24, 2.45) is 7.05 Å². The molecule has 0 bridgehead atoms. The molecule has 2 unspecified atom stereocenters. The number of nitrogens with zero attached hydrogens (tertiary/aromatic N) is 5. The Kier molecular flexibility index (Phi) is 13.2. The largest absolute Gasteiger partial charge is 0.416 e. The van der Waals surface area contributed by atoms with Crippen LogP contribution in [-0.4, -0.2) is 125 Å². The summed E-state index contributed by atoms with van der Waals surface area (Å²) in [7, 11) is 1.70. The second kappa shape index (κ2) is 18.7. The maximum absolute atomic E-state index is 13.2.